The minimum atomic E-state index is -0.0929. The number of rotatable bonds is 7. The van der Waals surface area contributed by atoms with Gasteiger partial charge >= 0.3 is 0 Å². The van der Waals surface area contributed by atoms with E-state index in [1.807, 2.05) is 67.9 Å². The maximum Gasteiger partial charge on any atom is 0.236 e. The Morgan fingerprint density at radius 1 is 1.03 bits per heavy atom. The Bertz CT molecular complexity index is 958. The van der Waals surface area contributed by atoms with E-state index in [4.69, 9.17) is 0 Å². The number of thiazole rings is 1. The van der Waals surface area contributed by atoms with Crippen molar-refractivity contribution in [1.29, 1.82) is 0 Å². The van der Waals surface area contributed by atoms with Crippen LogP contribution in [0.1, 0.15) is 27.2 Å². The molecule has 0 bridgehead atoms. The van der Waals surface area contributed by atoms with Crippen LogP contribution in [-0.4, -0.2) is 22.6 Å². The lowest BCUT2D eigenvalue weighted by Gasteiger charge is -2.17. The Kier molecular flexibility index (Phi) is 7.10. The number of thiophene rings is 1. The fourth-order valence-electron chi connectivity index (χ4n) is 2.49. The molecule has 1 aromatic carbocycles. The lowest BCUT2D eigenvalue weighted by atomic mass is 9.92. The smallest absolute Gasteiger partial charge is 0.236 e. The number of amides is 2. The molecule has 29 heavy (non-hydrogen) atoms. The van der Waals surface area contributed by atoms with Crippen molar-refractivity contribution in [2.75, 3.05) is 16.4 Å². The Morgan fingerprint density at radius 3 is 2.45 bits per heavy atom. The summed E-state index contributed by atoms with van der Waals surface area (Å²) < 4.78 is 0. The number of nitrogens with one attached hydrogen (secondary N) is 2. The van der Waals surface area contributed by atoms with Crippen LogP contribution < -0.4 is 10.6 Å². The van der Waals surface area contributed by atoms with Gasteiger partial charge in [0.25, 0.3) is 0 Å². The number of aromatic nitrogens is 1. The van der Waals surface area contributed by atoms with Gasteiger partial charge in [0, 0.05) is 22.4 Å². The topological polar surface area (TPSA) is 71.1 Å². The average Bonchev–Trinajstić information content (AvgIpc) is 3.31. The second kappa shape index (κ2) is 9.56. The predicted octanol–water partition coefficient (Wildman–Crippen LogP) is 5.98. The molecule has 2 amide bonds. The van der Waals surface area contributed by atoms with Crippen LogP contribution >= 0.6 is 34.4 Å². The van der Waals surface area contributed by atoms with Gasteiger partial charge in [-0.3, -0.25) is 9.59 Å². The monoisotopic (exact) mass is 445 g/mol. The normalized spacial score (nSPS) is 11.3. The number of thioether (sulfide) groups is 1. The molecule has 2 heterocycles. The van der Waals surface area contributed by atoms with Gasteiger partial charge in [-0.25, -0.2) is 4.98 Å². The number of anilines is 2. The fraction of sp³-hybridized carbons (Fsp3) is 0.286. The molecule has 0 unspecified atom stereocenters. The van der Waals surface area contributed by atoms with Gasteiger partial charge in [-0.05, 0) is 41.1 Å². The molecule has 3 aromatic rings. The van der Waals surface area contributed by atoms with E-state index in [2.05, 4.69) is 15.6 Å². The van der Waals surface area contributed by atoms with Crippen LogP contribution in [0, 0.1) is 5.41 Å². The first-order valence-electron chi connectivity index (χ1n) is 9.10. The van der Waals surface area contributed by atoms with Gasteiger partial charge in [-0.2, -0.15) is 0 Å². The highest BCUT2D eigenvalue weighted by atomic mass is 32.2. The molecule has 0 atom stereocenters. The molecule has 0 fully saturated rings. The van der Waals surface area contributed by atoms with Gasteiger partial charge in [-0.1, -0.05) is 26.8 Å². The van der Waals surface area contributed by atoms with Crippen LogP contribution in [0.15, 0.2) is 52.1 Å². The number of carbonyl (C=O) groups is 2. The standard InChI is InChI=1S/C21H23N3O2S3/c1-21(2,3)11-18(25)22-14-6-8-15(9-7-14)28-13-19(26)24-20-23-16(12-29-20)17-5-4-10-27-17/h4-10,12H,11,13H2,1-3H3,(H,22,25)(H,23,24,26). The molecule has 8 heteroatoms. The summed E-state index contributed by atoms with van der Waals surface area (Å²) in [4.78, 5) is 30.7. The first-order valence-corrected chi connectivity index (χ1v) is 11.8. The van der Waals surface area contributed by atoms with Crippen molar-refractivity contribution in [2.45, 2.75) is 32.1 Å². The number of nitrogens with zero attached hydrogens (tertiary/aromatic N) is 1. The Balaban J connectivity index is 1.46. The van der Waals surface area contributed by atoms with Gasteiger partial charge < -0.3 is 10.6 Å². The molecule has 0 spiro atoms. The molecule has 2 aromatic heterocycles. The zero-order valence-corrected chi connectivity index (χ0v) is 19.0. The molecule has 0 saturated heterocycles. The molecule has 5 nitrogen and oxygen atoms in total. The maximum absolute atomic E-state index is 12.2. The van der Waals surface area contributed by atoms with Gasteiger partial charge in [0.1, 0.15) is 0 Å². The number of carbonyl (C=O) groups excluding carboxylic acids is 2. The highest BCUT2D eigenvalue weighted by molar-refractivity contribution is 8.00. The van der Waals surface area contributed by atoms with Crippen molar-refractivity contribution in [2.24, 2.45) is 5.41 Å². The van der Waals surface area contributed by atoms with Crippen LogP contribution in [0.25, 0.3) is 10.6 Å². The third-order valence-electron chi connectivity index (χ3n) is 3.72. The molecule has 0 aliphatic rings. The van der Waals surface area contributed by atoms with Crippen molar-refractivity contribution >= 4 is 57.1 Å². The maximum atomic E-state index is 12.2. The number of benzene rings is 1. The Morgan fingerprint density at radius 2 is 1.79 bits per heavy atom. The highest BCUT2D eigenvalue weighted by Gasteiger charge is 2.16. The summed E-state index contributed by atoms with van der Waals surface area (Å²) in [5, 5.41) is 10.3. The summed E-state index contributed by atoms with van der Waals surface area (Å²) in [5.74, 6) is 0.205. The van der Waals surface area contributed by atoms with Gasteiger partial charge in [0.05, 0.1) is 16.3 Å². The van der Waals surface area contributed by atoms with Crippen LogP contribution in [0.3, 0.4) is 0 Å². The van der Waals surface area contributed by atoms with E-state index >= 15 is 0 Å². The average molecular weight is 446 g/mol. The second-order valence-electron chi connectivity index (χ2n) is 7.66. The summed E-state index contributed by atoms with van der Waals surface area (Å²) in [5.41, 5.74) is 1.60. The van der Waals surface area contributed by atoms with Crippen LogP contribution in [0.2, 0.25) is 0 Å². The lowest BCUT2D eigenvalue weighted by Crippen LogP contribution is -2.19. The lowest BCUT2D eigenvalue weighted by molar-refractivity contribution is -0.118. The summed E-state index contributed by atoms with van der Waals surface area (Å²) in [7, 11) is 0. The van der Waals surface area contributed by atoms with E-state index in [1.54, 1.807) is 11.3 Å². The predicted molar refractivity (Wildman–Crippen MR) is 124 cm³/mol. The molecule has 0 aliphatic carbocycles. The number of hydrogen-bond donors (Lipinski definition) is 2. The van der Waals surface area contributed by atoms with Crippen molar-refractivity contribution in [3.05, 3.63) is 47.2 Å². The third-order valence-corrected chi connectivity index (χ3v) is 6.39. The Hall–Kier alpha value is -2.16. The van der Waals surface area contributed by atoms with Crippen molar-refractivity contribution < 1.29 is 9.59 Å². The minimum absolute atomic E-state index is 0.00245. The zero-order valence-electron chi connectivity index (χ0n) is 16.5. The van der Waals surface area contributed by atoms with Crippen LogP contribution in [0.4, 0.5) is 10.8 Å². The Labute approximate surface area is 183 Å². The van der Waals surface area contributed by atoms with Crippen molar-refractivity contribution in [3.8, 4) is 10.6 Å². The quantitative estimate of drug-likeness (QED) is 0.439. The molecule has 152 valence electrons. The van der Waals surface area contributed by atoms with Gasteiger partial charge in [0.2, 0.25) is 11.8 Å². The first kappa shape index (κ1) is 21.5. The third kappa shape index (κ3) is 6.99. The van der Waals surface area contributed by atoms with E-state index in [0.717, 1.165) is 21.2 Å². The molecule has 3 rings (SSSR count). The van der Waals surface area contributed by atoms with E-state index in [0.29, 0.717) is 17.3 Å². The largest absolute Gasteiger partial charge is 0.326 e. The molecular weight excluding hydrogens is 422 g/mol. The number of hydrogen-bond acceptors (Lipinski definition) is 6. The van der Waals surface area contributed by atoms with Crippen LogP contribution in [-0.2, 0) is 9.59 Å². The fourth-order valence-corrected chi connectivity index (χ4v) is 4.68. The molecule has 0 saturated carbocycles. The van der Waals surface area contributed by atoms with Crippen molar-refractivity contribution in [3.63, 3.8) is 0 Å². The zero-order chi connectivity index (χ0) is 20.9. The van der Waals surface area contributed by atoms with Gasteiger partial charge in [0.15, 0.2) is 5.13 Å². The van der Waals surface area contributed by atoms with Gasteiger partial charge in [-0.15, -0.1) is 34.4 Å². The molecule has 0 radical (unpaired) electrons. The van der Waals surface area contributed by atoms with E-state index in [9.17, 15) is 9.59 Å². The van der Waals surface area contributed by atoms with Crippen LogP contribution in [0.5, 0.6) is 0 Å². The summed E-state index contributed by atoms with van der Waals surface area (Å²) in [6, 6.07) is 11.5. The summed E-state index contributed by atoms with van der Waals surface area (Å²) in [6.45, 7) is 6.10. The van der Waals surface area contributed by atoms with E-state index < -0.39 is 0 Å². The highest BCUT2D eigenvalue weighted by Crippen LogP contribution is 2.28. The SMILES string of the molecule is CC(C)(C)CC(=O)Nc1ccc(SCC(=O)Nc2nc(-c3cccs3)cs2)cc1. The summed E-state index contributed by atoms with van der Waals surface area (Å²) in [6.07, 6.45) is 0.467. The van der Waals surface area contributed by atoms with E-state index in [-0.39, 0.29) is 17.2 Å². The van der Waals surface area contributed by atoms with E-state index in [1.165, 1.54) is 23.1 Å². The van der Waals surface area contributed by atoms with Crippen molar-refractivity contribution in [1.82, 2.24) is 4.98 Å². The first-order chi connectivity index (χ1) is 13.8. The molecule has 2 N–H and O–H groups in total. The second-order valence-corrected chi connectivity index (χ2v) is 10.5. The minimum Gasteiger partial charge on any atom is -0.326 e. The molecular formula is C21H23N3O2S3. The summed E-state index contributed by atoms with van der Waals surface area (Å²) >= 11 is 4.49. The molecule has 0 aliphatic heterocycles.